The molecule has 0 unspecified atom stereocenters. The van der Waals surface area contributed by atoms with Crippen LogP contribution in [-0.4, -0.2) is 18.6 Å². The molecular weight excluding hydrogens is 351 g/mol. The fraction of sp³-hybridized carbons (Fsp3) is 0.571. The van der Waals surface area contributed by atoms with Gasteiger partial charge in [0, 0.05) is 16.7 Å². The highest BCUT2D eigenvalue weighted by molar-refractivity contribution is 9.10. The van der Waals surface area contributed by atoms with E-state index in [-0.39, 0.29) is 0 Å². The molecule has 1 nitrogen and oxygen atoms in total. The zero-order valence-electron chi connectivity index (χ0n) is 11.4. The zero-order valence-corrected chi connectivity index (χ0v) is 13.8. The number of hydrogen-bond donors (Lipinski definition) is 1. The molecule has 0 fully saturated rings. The summed E-state index contributed by atoms with van der Waals surface area (Å²) < 4.78 is 38.0. The number of hydrogen-bond acceptors (Lipinski definition) is 2. The van der Waals surface area contributed by atoms with Crippen LogP contribution in [0.3, 0.4) is 0 Å². The highest BCUT2D eigenvalue weighted by Gasteiger charge is 2.30. The van der Waals surface area contributed by atoms with Crippen LogP contribution in [-0.2, 0) is 6.18 Å². The highest BCUT2D eigenvalue weighted by atomic mass is 79.9. The lowest BCUT2D eigenvalue weighted by Gasteiger charge is -2.12. The summed E-state index contributed by atoms with van der Waals surface area (Å²) in [5.74, 6) is 1.19. The number of unbranched alkanes of at least 4 members (excludes halogenated alkanes) is 3. The minimum absolute atomic E-state index is 0.453. The zero-order chi connectivity index (χ0) is 15.0. The molecule has 1 aromatic rings. The summed E-state index contributed by atoms with van der Waals surface area (Å²) in [7, 11) is 0. The van der Waals surface area contributed by atoms with E-state index in [2.05, 4.69) is 27.5 Å². The summed E-state index contributed by atoms with van der Waals surface area (Å²) in [6.07, 6.45) is 2.41. The minimum atomic E-state index is -4.29. The average Bonchev–Trinajstić information content (AvgIpc) is 2.38. The van der Waals surface area contributed by atoms with Crippen molar-refractivity contribution in [3.05, 3.63) is 28.2 Å². The second kappa shape index (κ2) is 8.82. The lowest BCUT2D eigenvalue weighted by Crippen LogP contribution is -2.07. The summed E-state index contributed by atoms with van der Waals surface area (Å²) >= 11 is 5.03. The number of alkyl halides is 3. The van der Waals surface area contributed by atoms with Gasteiger partial charge in [0.05, 0.1) is 5.56 Å². The molecule has 0 spiro atoms. The van der Waals surface area contributed by atoms with Crippen molar-refractivity contribution < 1.29 is 13.2 Å². The predicted molar refractivity (Wildman–Crippen MR) is 84.5 cm³/mol. The van der Waals surface area contributed by atoms with Crippen molar-refractivity contribution in [1.29, 1.82) is 0 Å². The molecular formula is C14H19BrF3NS. The monoisotopic (exact) mass is 369 g/mol. The van der Waals surface area contributed by atoms with E-state index in [1.165, 1.54) is 24.7 Å². The van der Waals surface area contributed by atoms with E-state index in [0.717, 1.165) is 31.5 Å². The van der Waals surface area contributed by atoms with Crippen molar-refractivity contribution >= 4 is 33.4 Å². The van der Waals surface area contributed by atoms with Crippen LogP contribution in [0.15, 0.2) is 22.7 Å². The number of rotatable bonds is 8. The molecule has 1 rings (SSSR count). The van der Waals surface area contributed by atoms with Crippen LogP contribution in [0, 0.1) is 0 Å². The van der Waals surface area contributed by atoms with E-state index in [4.69, 9.17) is 0 Å². The van der Waals surface area contributed by atoms with Gasteiger partial charge < -0.3 is 5.32 Å². The van der Waals surface area contributed by atoms with Crippen LogP contribution in [0.4, 0.5) is 18.9 Å². The maximum atomic E-state index is 12.5. The van der Waals surface area contributed by atoms with Crippen LogP contribution >= 0.6 is 27.7 Å². The Balaban J connectivity index is 2.34. The van der Waals surface area contributed by atoms with Crippen LogP contribution in [0.5, 0.6) is 0 Å². The molecule has 0 heterocycles. The van der Waals surface area contributed by atoms with Crippen LogP contribution < -0.4 is 5.32 Å². The fourth-order valence-corrected chi connectivity index (χ4v) is 2.79. The van der Waals surface area contributed by atoms with Crippen molar-refractivity contribution in [1.82, 2.24) is 0 Å². The number of halogens is 4. The Bertz CT molecular complexity index is 410. The number of benzene rings is 1. The largest absolute Gasteiger partial charge is 0.416 e. The highest BCUT2D eigenvalue weighted by Crippen LogP contribution is 2.33. The molecule has 1 aromatic carbocycles. The van der Waals surface area contributed by atoms with Gasteiger partial charge in [0.15, 0.2) is 0 Å². The molecule has 114 valence electrons. The first-order valence-corrected chi connectivity index (χ1v) is 8.73. The van der Waals surface area contributed by atoms with Crippen LogP contribution in [0.1, 0.15) is 31.2 Å². The molecule has 0 radical (unpaired) electrons. The number of anilines is 1. The third kappa shape index (κ3) is 6.39. The first kappa shape index (κ1) is 17.7. The van der Waals surface area contributed by atoms with Gasteiger partial charge in [-0.3, -0.25) is 0 Å². The van der Waals surface area contributed by atoms with Gasteiger partial charge in [-0.1, -0.05) is 12.8 Å². The average molecular weight is 370 g/mol. The molecule has 20 heavy (non-hydrogen) atoms. The van der Waals surface area contributed by atoms with Gasteiger partial charge in [-0.2, -0.15) is 24.9 Å². The second-order valence-electron chi connectivity index (χ2n) is 4.53. The van der Waals surface area contributed by atoms with Gasteiger partial charge in [-0.25, -0.2) is 0 Å². The Morgan fingerprint density at radius 2 is 1.85 bits per heavy atom. The lowest BCUT2D eigenvalue weighted by atomic mass is 10.2. The van der Waals surface area contributed by atoms with Gasteiger partial charge in [-0.15, -0.1) is 0 Å². The van der Waals surface area contributed by atoms with E-state index >= 15 is 0 Å². The third-order valence-electron chi connectivity index (χ3n) is 2.89. The maximum absolute atomic E-state index is 12.5. The van der Waals surface area contributed by atoms with Crippen LogP contribution in [0.2, 0.25) is 0 Å². The van der Waals surface area contributed by atoms with E-state index in [0.29, 0.717) is 10.2 Å². The Labute approximate surface area is 130 Å². The standard InChI is InChI=1S/C14H19BrF3NS/c1-20-9-5-3-2-4-8-19-13-7-6-11(10-12(13)15)14(16,17)18/h6-7,10,19H,2-5,8-9H2,1H3. The molecule has 0 aliphatic rings. The van der Waals surface area contributed by atoms with E-state index in [1.807, 2.05) is 11.8 Å². The fourth-order valence-electron chi connectivity index (χ4n) is 1.78. The second-order valence-corrected chi connectivity index (χ2v) is 6.37. The molecule has 0 aliphatic heterocycles. The molecule has 1 N–H and O–H groups in total. The van der Waals surface area contributed by atoms with Crippen molar-refractivity contribution in [2.45, 2.75) is 31.9 Å². The van der Waals surface area contributed by atoms with Gasteiger partial charge in [-0.05, 0) is 59.0 Å². The Kier molecular flexibility index (Phi) is 7.80. The molecule has 0 aromatic heterocycles. The van der Waals surface area contributed by atoms with E-state index < -0.39 is 11.7 Å². The molecule has 0 saturated heterocycles. The van der Waals surface area contributed by atoms with Crippen molar-refractivity contribution in [3.63, 3.8) is 0 Å². The third-order valence-corrected chi connectivity index (χ3v) is 4.24. The SMILES string of the molecule is CSCCCCCCNc1ccc(C(F)(F)F)cc1Br. The smallest absolute Gasteiger partial charge is 0.384 e. The molecule has 0 saturated carbocycles. The van der Waals surface area contributed by atoms with E-state index in [9.17, 15) is 13.2 Å². The first-order valence-electron chi connectivity index (χ1n) is 6.54. The summed E-state index contributed by atoms with van der Waals surface area (Å²) in [6, 6.07) is 3.69. The first-order chi connectivity index (χ1) is 9.45. The van der Waals surface area contributed by atoms with Gasteiger partial charge in [0.1, 0.15) is 0 Å². The Morgan fingerprint density at radius 1 is 1.15 bits per heavy atom. The normalized spacial score (nSPS) is 11.7. The molecule has 0 amide bonds. The van der Waals surface area contributed by atoms with Crippen molar-refractivity contribution in [3.8, 4) is 0 Å². The summed E-state index contributed by atoms with van der Waals surface area (Å²) in [5, 5.41) is 3.16. The van der Waals surface area contributed by atoms with Crippen molar-refractivity contribution in [2.24, 2.45) is 0 Å². The van der Waals surface area contributed by atoms with E-state index in [1.54, 1.807) is 0 Å². The summed E-state index contributed by atoms with van der Waals surface area (Å²) in [5.41, 5.74) is 0.0779. The van der Waals surface area contributed by atoms with Gasteiger partial charge in [0.2, 0.25) is 0 Å². The topological polar surface area (TPSA) is 12.0 Å². The maximum Gasteiger partial charge on any atom is 0.416 e. The number of nitrogens with one attached hydrogen (secondary N) is 1. The Morgan fingerprint density at radius 3 is 2.45 bits per heavy atom. The lowest BCUT2D eigenvalue weighted by molar-refractivity contribution is -0.137. The van der Waals surface area contributed by atoms with Crippen molar-refractivity contribution in [2.75, 3.05) is 23.9 Å². The van der Waals surface area contributed by atoms with Gasteiger partial charge in [0.25, 0.3) is 0 Å². The quantitative estimate of drug-likeness (QED) is 0.580. The number of thioether (sulfide) groups is 1. The summed E-state index contributed by atoms with van der Waals surface area (Å²) in [6.45, 7) is 0.781. The molecule has 0 bridgehead atoms. The molecule has 0 aliphatic carbocycles. The van der Waals surface area contributed by atoms with Gasteiger partial charge >= 0.3 is 6.18 Å². The minimum Gasteiger partial charge on any atom is -0.384 e. The Hall–Kier alpha value is -0.360. The predicted octanol–water partition coefficient (Wildman–Crippen LogP) is 5.80. The molecule has 0 atom stereocenters. The summed E-state index contributed by atoms with van der Waals surface area (Å²) in [4.78, 5) is 0. The molecule has 6 heteroatoms. The van der Waals surface area contributed by atoms with Crippen LogP contribution in [0.25, 0.3) is 0 Å².